The van der Waals surface area contributed by atoms with Gasteiger partial charge in [0.15, 0.2) is 0 Å². The van der Waals surface area contributed by atoms with E-state index >= 15 is 0 Å². The van der Waals surface area contributed by atoms with Crippen molar-refractivity contribution in [3.63, 3.8) is 0 Å². The number of anilines is 2. The first-order valence-electron chi connectivity index (χ1n) is 5.53. The van der Waals surface area contributed by atoms with Gasteiger partial charge in [0.1, 0.15) is 5.82 Å². The highest BCUT2D eigenvalue weighted by Crippen LogP contribution is 2.25. The van der Waals surface area contributed by atoms with E-state index in [0.29, 0.717) is 5.95 Å². The molecule has 1 aromatic heterocycles. The fourth-order valence-electron chi connectivity index (χ4n) is 1.86. The highest BCUT2D eigenvalue weighted by molar-refractivity contribution is 5.67. The van der Waals surface area contributed by atoms with Crippen LogP contribution in [0.5, 0.6) is 0 Å². The van der Waals surface area contributed by atoms with Crippen LogP contribution < -0.4 is 9.80 Å². The first-order valence-corrected chi connectivity index (χ1v) is 5.53. The van der Waals surface area contributed by atoms with Crippen LogP contribution in [0.2, 0.25) is 0 Å². The Morgan fingerprint density at radius 2 is 2.29 bits per heavy atom. The quantitative estimate of drug-likeness (QED) is 0.818. The second kappa shape index (κ2) is 4.57. The van der Waals surface area contributed by atoms with E-state index in [1.807, 2.05) is 25.1 Å². The van der Waals surface area contributed by atoms with Crippen LogP contribution in [0, 0.1) is 5.92 Å². The molecule has 0 radical (unpaired) electrons. The summed E-state index contributed by atoms with van der Waals surface area (Å²) in [6.07, 6.45) is 1.96. The number of rotatable bonds is 4. The second-order valence-corrected chi connectivity index (χ2v) is 4.48. The lowest BCUT2D eigenvalue weighted by Gasteiger charge is -2.39. The van der Waals surface area contributed by atoms with Gasteiger partial charge in [-0.1, -0.05) is 0 Å². The summed E-state index contributed by atoms with van der Waals surface area (Å²) in [6, 6.07) is 1.85. The van der Waals surface area contributed by atoms with Gasteiger partial charge < -0.3 is 14.9 Å². The molecule has 0 atom stereocenters. The van der Waals surface area contributed by atoms with Gasteiger partial charge in [-0.2, -0.15) is 4.98 Å². The zero-order valence-electron chi connectivity index (χ0n) is 10.00. The molecule has 0 unspecified atom stereocenters. The number of aliphatic carboxylic acids is 1. The van der Waals surface area contributed by atoms with Crippen molar-refractivity contribution in [2.24, 2.45) is 5.92 Å². The van der Waals surface area contributed by atoms with Crippen molar-refractivity contribution in [1.82, 2.24) is 9.97 Å². The van der Waals surface area contributed by atoms with Crippen molar-refractivity contribution >= 4 is 17.7 Å². The van der Waals surface area contributed by atoms with E-state index in [1.165, 1.54) is 0 Å². The third-order valence-corrected chi connectivity index (χ3v) is 2.77. The fraction of sp³-hybridized carbons (Fsp3) is 0.545. The molecule has 0 amide bonds. The number of carboxylic acid groups (broad SMARTS) is 1. The smallest absolute Gasteiger partial charge is 0.303 e. The van der Waals surface area contributed by atoms with Gasteiger partial charge in [-0.15, -0.1) is 0 Å². The molecule has 6 nitrogen and oxygen atoms in total. The summed E-state index contributed by atoms with van der Waals surface area (Å²) in [5, 5.41) is 8.67. The summed E-state index contributed by atoms with van der Waals surface area (Å²) in [4.78, 5) is 23.0. The molecule has 1 saturated heterocycles. The number of aromatic nitrogens is 2. The van der Waals surface area contributed by atoms with E-state index in [4.69, 9.17) is 5.11 Å². The molecule has 0 aliphatic carbocycles. The minimum Gasteiger partial charge on any atom is -0.481 e. The van der Waals surface area contributed by atoms with Crippen molar-refractivity contribution < 1.29 is 9.90 Å². The summed E-state index contributed by atoms with van der Waals surface area (Å²) in [6.45, 7) is 1.52. The van der Waals surface area contributed by atoms with Crippen LogP contribution in [-0.4, -0.2) is 48.2 Å². The molecule has 6 heteroatoms. The molecule has 0 aromatic carbocycles. The summed E-state index contributed by atoms with van der Waals surface area (Å²) in [5.41, 5.74) is 0. The molecule has 92 valence electrons. The summed E-state index contributed by atoms with van der Waals surface area (Å²) < 4.78 is 0. The van der Waals surface area contributed by atoms with Gasteiger partial charge in [-0.3, -0.25) is 4.79 Å². The molecule has 1 N–H and O–H groups in total. The zero-order chi connectivity index (χ0) is 12.4. The van der Waals surface area contributed by atoms with E-state index in [1.54, 1.807) is 6.20 Å². The Hall–Kier alpha value is -1.85. The van der Waals surface area contributed by atoms with Gasteiger partial charge in [0.05, 0.1) is 6.42 Å². The second-order valence-electron chi connectivity index (χ2n) is 4.48. The van der Waals surface area contributed by atoms with Crippen LogP contribution in [0.1, 0.15) is 6.42 Å². The lowest BCUT2D eigenvalue weighted by Crippen LogP contribution is -2.48. The average molecular weight is 236 g/mol. The van der Waals surface area contributed by atoms with Crippen LogP contribution in [0.25, 0.3) is 0 Å². The van der Waals surface area contributed by atoms with Gasteiger partial charge >= 0.3 is 5.97 Å². The largest absolute Gasteiger partial charge is 0.481 e. The summed E-state index contributed by atoms with van der Waals surface area (Å²) in [5.74, 6) is 1.05. The Balaban J connectivity index is 1.96. The molecule has 1 aliphatic rings. The van der Waals surface area contributed by atoms with Gasteiger partial charge in [0.25, 0.3) is 0 Å². The lowest BCUT2D eigenvalue weighted by atomic mass is 9.96. The van der Waals surface area contributed by atoms with E-state index in [9.17, 15) is 4.79 Å². The molecule has 0 bridgehead atoms. The molecule has 17 heavy (non-hydrogen) atoms. The van der Waals surface area contributed by atoms with Crippen LogP contribution in [0.3, 0.4) is 0 Å². The Bertz CT molecular complexity index is 416. The molecule has 0 saturated carbocycles. The third-order valence-electron chi connectivity index (χ3n) is 2.77. The molecule has 0 spiro atoms. The van der Waals surface area contributed by atoms with Crippen molar-refractivity contribution in [2.75, 3.05) is 37.0 Å². The molecule has 2 rings (SSSR count). The first-order chi connectivity index (χ1) is 8.06. The van der Waals surface area contributed by atoms with Gasteiger partial charge in [0.2, 0.25) is 5.95 Å². The Kier molecular flexibility index (Phi) is 3.12. The average Bonchev–Trinajstić information content (AvgIpc) is 2.22. The van der Waals surface area contributed by atoms with Gasteiger partial charge in [0, 0.05) is 39.3 Å². The van der Waals surface area contributed by atoms with Crippen LogP contribution in [0.15, 0.2) is 12.3 Å². The molecule has 2 heterocycles. The number of hydrogen-bond acceptors (Lipinski definition) is 5. The maximum Gasteiger partial charge on any atom is 0.303 e. The van der Waals surface area contributed by atoms with E-state index in [-0.39, 0.29) is 12.3 Å². The monoisotopic (exact) mass is 236 g/mol. The van der Waals surface area contributed by atoms with Gasteiger partial charge in [-0.25, -0.2) is 4.98 Å². The molecule has 1 aliphatic heterocycles. The Morgan fingerprint density at radius 3 is 2.88 bits per heavy atom. The summed E-state index contributed by atoms with van der Waals surface area (Å²) in [7, 11) is 3.78. The van der Waals surface area contributed by atoms with Gasteiger partial charge in [-0.05, 0) is 6.07 Å². The van der Waals surface area contributed by atoms with Crippen LogP contribution in [-0.2, 0) is 4.79 Å². The normalized spacial score (nSPS) is 15.5. The minimum atomic E-state index is -0.730. The number of carbonyl (C=O) groups is 1. The highest BCUT2D eigenvalue weighted by Gasteiger charge is 2.29. The van der Waals surface area contributed by atoms with E-state index in [2.05, 4.69) is 14.9 Å². The molecular formula is C11H16N4O2. The SMILES string of the molecule is CN(C)c1nccc(N2CC(CC(=O)O)C2)n1. The van der Waals surface area contributed by atoms with Crippen LogP contribution >= 0.6 is 0 Å². The summed E-state index contributed by atoms with van der Waals surface area (Å²) >= 11 is 0. The number of carboxylic acids is 1. The topological polar surface area (TPSA) is 69.6 Å². The van der Waals surface area contributed by atoms with Crippen molar-refractivity contribution in [1.29, 1.82) is 0 Å². The van der Waals surface area contributed by atoms with E-state index < -0.39 is 5.97 Å². The predicted molar refractivity (Wildman–Crippen MR) is 64.3 cm³/mol. The van der Waals surface area contributed by atoms with E-state index in [0.717, 1.165) is 18.9 Å². The van der Waals surface area contributed by atoms with Crippen molar-refractivity contribution in [3.8, 4) is 0 Å². The maximum absolute atomic E-state index is 10.5. The van der Waals surface area contributed by atoms with Crippen LogP contribution in [0.4, 0.5) is 11.8 Å². The predicted octanol–water partition coefficient (Wildman–Crippen LogP) is 0.453. The number of hydrogen-bond donors (Lipinski definition) is 1. The number of nitrogens with zero attached hydrogens (tertiary/aromatic N) is 4. The standard InChI is InChI=1S/C11H16N4O2/c1-14(2)11-12-4-3-9(13-11)15-6-8(7-15)5-10(16)17/h3-4,8H,5-7H2,1-2H3,(H,16,17). The van der Waals surface area contributed by atoms with Crippen molar-refractivity contribution in [2.45, 2.75) is 6.42 Å². The maximum atomic E-state index is 10.5. The fourth-order valence-corrected chi connectivity index (χ4v) is 1.86. The molecular weight excluding hydrogens is 220 g/mol. The Morgan fingerprint density at radius 1 is 1.59 bits per heavy atom. The molecule has 1 aromatic rings. The molecule has 1 fully saturated rings. The van der Waals surface area contributed by atoms with Crippen molar-refractivity contribution in [3.05, 3.63) is 12.3 Å². The lowest BCUT2D eigenvalue weighted by molar-refractivity contribution is -0.138. The highest BCUT2D eigenvalue weighted by atomic mass is 16.4. The minimum absolute atomic E-state index is 0.238. The third kappa shape index (κ3) is 2.64. The first kappa shape index (κ1) is 11.6. The zero-order valence-corrected chi connectivity index (χ0v) is 10.00. The Labute approximate surface area is 99.9 Å².